The first kappa shape index (κ1) is 8.02. The van der Waals surface area contributed by atoms with Crippen LogP contribution in [-0.4, -0.2) is 19.4 Å². The summed E-state index contributed by atoms with van der Waals surface area (Å²) in [5, 5.41) is 3.35. The molecule has 1 aliphatic rings. The first-order chi connectivity index (χ1) is 4.83. The zero-order valence-corrected chi connectivity index (χ0v) is 6.89. The molecular formula is C8H17NO. The van der Waals surface area contributed by atoms with E-state index in [1.165, 1.54) is 6.42 Å². The third-order valence-electron chi connectivity index (χ3n) is 1.83. The highest BCUT2D eigenvalue weighted by Crippen LogP contribution is 2.07. The van der Waals surface area contributed by atoms with Crippen LogP contribution in [0.2, 0.25) is 0 Å². The maximum absolute atomic E-state index is 5.52. The molecule has 1 N–H and O–H groups in total. The van der Waals surface area contributed by atoms with Gasteiger partial charge in [-0.15, -0.1) is 0 Å². The minimum Gasteiger partial charge on any atom is -0.363 e. The molecule has 0 amide bonds. The molecule has 10 heavy (non-hydrogen) atoms. The fourth-order valence-corrected chi connectivity index (χ4v) is 1.18. The highest BCUT2D eigenvalue weighted by molar-refractivity contribution is 4.65. The summed E-state index contributed by atoms with van der Waals surface area (Å²) in [7, 11) is 0. The minimum absolute atomic E-state index is 0.334. The molecule has 2 atom stereocenters. The molecule has 1 heterocycles. The minimum atomic E-state index is 0.334. The summed E-state index contributed by atoms with van der Waals surface area (Å²) in [6.45, 7) is 6.43. The summed E-state index contributed by atoms with van der Waals surface area (Å²) in [5.41, 5.74) is 0. The van der Waals surface area contributed by atoms with Crippen molar-refractivity contribution in [2.45, 2.75) is 32.9 Å². The summed E-state index contributed by atoms with van der Waals surface area (Å²) < 4.78 is 5.52. The van der Waals surface area contributed by atoms with Crippen LogP contribution in [0.4, 0.5) is 0 Å². The van der Waals surface area contributed by atoms with Gasteiger partial charge in [0.05, 0.1) is 6.61 Å². The van der Waals surface area contributed by atoms with Crippen molar-refractivity contribution in [2.24, 2.45) is 5.92 Å². The summed E-state index contributed by atoms with van der Waals surface area (Å²) in [6, 6.07) is 0. The van der Waals surface area contributed by atoms with Gasteiger partial charge in [-0.25, -0.2) is 0 Å². The molecule has 1 aliphatic heterocycles. The summed E-state index contributed by atoms with van der Waals surface area (Å²) in [4.78, 5) is 0. The van der Waals surface area contributed by atoms with Gasteiger partial charge in [-0.05, 0) is 12.3 Å². The number of rotatable bonds is 2. The second-order valence-electron chi connectivity index (χ2n) is 3.12. The van der Waals surface area contributed by atoms with Crippen LogP contribution >= 0.6 is 0 Å². The van der Waals surface area contributed by atoms with Crippen molar-refractivity contribution < 1.29 is 4.74 Å². The van der Waals surface area contributed by atoms with Crippen LogP contribution in [0, 0.1) is 5.92 Å². The molecule has 1 rings (SSSR count). The largest absolute Gasteiger partial charge is 0.363 e. The molecular weight excluding hydrogens is 126 g/mol. The predicted molar refractivity (Wildman–Crippen MR) is 41.8 cm³/mol. The fourth-order valence-electron chi connectivity index (χ4n) is 1.18. The quantitative estimate of drug-likeness (QED) is 0.630. The van der Waals surface area contributed by atoms with Crippen LogP contribution in [0.3, 0.4) is 0 Å². The monoisotopic (exact) mass is 143 g/mol. The van der Waals surface area contributed by atoms with Crippen molar-refractivity contribution >= 4 is 0 Å². The van der Waals surface area contributed by atoms with Gasteiger partial charge in [0, 0.05) is 6.54 Å². The topological polar surface area (TPSA) is 21.3 Å². The molecule has 0 aliphatic carbocycles. The average Bonchev–Trinajstić information content (AvgIpc) is 1.95. The van der Waals surface area contributed by atoms with E-state index in [9.17, 15) is 0 Å². The molecule has 2 nitrogen and oxygen atoms in total. The molecule has 0 radical (unpaired) electrons. The third-order valence-corrected chi connectivity index (χ3v) is 1.83. The van der Waals surface area contributed by atoms with E-state index in [0.29, 0.717) is 12.1 Å². The van der Waals surface area contributed by atoms with Gasteiger partial charge in [0.15, 0.2) is 0 Å². The van der Waals surface area contributed by atoms with Gasteiger partial charge in [-0.3, -0.25) is 5.32 Å². The van der Waals surface area contributed by atoms with E-state index in [-0.39, 0.29) is 0 Å². The Balaban J connectivity index is 2.13. The predicted octanol–water partition coefficient (Wildman–Crippen LogP) is 1.37. The Bertz CT molecular complexity index is 87.3. The molecule has 2 unspecified atom stereocenters. The van der Waals surface area contributed by atoms with E-state index in [1.807, 2.05) is 0 Å². The van der Waals surface area contributed by atoms with Gasteiger partial charge < -0.3 is 4.74 Å². The van der Waals surface area contributed by atoms with Crippen molar-refractivity contribution in [2.75, 3.05) is 13.2 Å². The second kappa shape index (κ2) is 3.94. The Morgan fingerprint density at radius 3 is 2.90 bits per heavy atom. The fraction of sp³-hybridized carbons (Fsp3) is 1.00. The normalized spacial score (nSPS) is 34.2. The van der Waals surface area contributed by atoms with Gasteiger partial charge in [0.25, 0.3) is 0 Å². The maximum atomic E-state index is 5.52. The summed E-state index contributed by atoms with van der Waals surface area (Å²) in [6.07, 6.45) is 2.68. The van der Waals surface area contributed by atoms with Crippen LogP contribution in [0.1, 0.15) is 26.7 Å². The first-order valence-electron chi connectivity index (χ1n) is 4.18. The van der Waals surface area contributed by atoms with E-state index >= 15 is 0 Å². The number of hydrogen-bond donors (Lipinski definition) is 1. The lowest BCUT2D eigenvalue weighted by Gasteiger charge is -2.27. The highest BCUT2D eigenvalue weighted by atomic mass is 16.5. The molecule has 0 bridgehead atoms. The molecule has 0 saturated carbocycles. The number of ether oxygens (including phenoxy) is 1. The number of nitrogens with one attached hydrogen (secondary N) is 1. The smallest absolute Gasteiger partial charge is 0.108 e. The van der Waals surface area contributed by atoms with Crippen LogP contribution in [0.15, 0.2) is 0 Å². The molecule has 1 saturated heterocycles. The highest BCUT2D eigenvalue weighted by Gasteiger charge is 2.15. The van der Waals surface area contributed by atoms with Crippen LogP contribution in [-0.2, 0) is 4.74 Å². The van der Waals surface area contributed by atoms with Crippen LogP contribution in [0.25, 0.3) is 0 Å². The van der Waals surface area contributed by atoms with Crippen molar-refractivity contribution in [1.29, 1.82) is 0 Å². The van der Waals surface area contributed by atoms with E-state index in [0.717, 1.165) is 19.6 Å². The average molecular weight is 143 g/mol. The second-order valence-corrected chi connectivity index (χ2v) is 3.12. The van der Waals surface area contributed by atoms with E-state index in [1.54, 1.807) is 0 Å². The molecule has 0 aromatic carbocycles. The third kappa shape index (κ3) is 2.27. The Morgan fingerprint density at radius 1 is 1.60 bits per heavy atom. The Kier molecular flexibility index (Phi) is 3.16. The number of hydrogen-bond acceptors (Lipinski definition) is 2. The van der Waals surface area contributed by atoms with Gasteiger partial charge in [-0.2, -0.15) is 0 Å². The van der Waals surface area contributed by atoms with Gasteiger partial charge in [0.1, 0.15) is 6.23 Å². The Hall–Kier alpha value is -0.0800. The molecule has 2 heteroatoms. The van der Waals surface area contributed by atoms with Crippen molar-refractivity contribution in [3.05, 3.63) is 0 Å². The molecule has 60 valence electrons. The summed E-state index contributed by atoms with van der Waals surface area (Å²) in [5.74, 6) is 0.688. The maximum Gasteiger partial charge on any atom is 0.108 e. The SMILES string of the molecule is CCCC1NCC(C)CO1. The van der Waals surface area contributed by atoms with Gasteiger partial charge >= 0.3 is 0 Å². The first-order valence-corrected chi connectivity index (χ1v) is 4.18. The zero-order valence-electron chi connectivity index (χ0n) is 6.89. The van der Waals surface area contributed by atoms with Crippen LogP contribution < -0.4 is 5.32 Å². The van der Waals surface area contributed by atoms with Crippen molar-refractivity contribution in [3.8, 4) is 0 Å². The van der Waals surface area contributed by atoms with Gasteiger partial charge in [0.2, 0.25) is 0 Å². The van der Waals surface area contributed by atoms with Crippen molar-refractivity contribution in [1.82, 2.24) is 5.32 Å². The molecule has 0 aromatic rings. The van der Waals surface area contributed by atoms with Crippen molar-refractivity contribution in [3.63, 3.8) is 0 Å². The Labute approximate surface area is 63.0 Å². The van der Waals surface area contributed by atoms with E-state index in [4.69, 9.17) is 4.74 Å². The van der Waals surface area contributed by atoms with Gasteiger partial charge in [-0.1, -0.05) is 20.3 Å². The lowest BCUT2D eigenvalue weighted by atomic mass is 10.1. The standard InChI is InChI=1S/C8H17NO/c1-3-4-8-9-5-7(2)6-10-8/h7-9H,3-6H2,1-2H3. The molecule has 0 aromatic heterocycles. The Morgan fingerprint density at radius 2 is 2.40 bits per heavy atom. The molecule has 0 spiro atoms. The molecule has 1 fully saturated rings. The lowest BCUT2D eigenvalue weighted by Crippen LogP contribution is -2.42. The van der Waals surface area contributed by atoms with E-state index in [2.05, 4.69) is 19.2 Å². The zero-order chi connectivity index (χ0) is 7.40. The summed E-state index contributed by atoms with van der Waals surface area (Å²) >= 11 is 0. The van der Waals surface area contributed by atoms with Crippen LogP contribution in [0.5, 0.6) is 0 Å². The lowest BCUT2D eigenvalue weighted by molar-refractivity contribution is -0.0280. The van der Waals surface area contributed by atoms with E-state index < -0.39 is 0 Å².